The first-order valence-corrected chi connectivity index (χ1v) is 7.05. The van der Waals surface area contributed by atoms with Crippen molar-refractivity contribution in [2.24, 2.45) is 0 Å². The summed E-state index contributed by atoms with van der Waals surface area (Å²) in [5.41, 5.74) is 1.03. The van der Waals surface area contributed by atoms with Gasteiger partial charge in [0.25, 0.3) is 5.91 Å². The Morgan fingerprint density at radius 2 is 2.10 bits per heavy atom. The maximum absolute atomic E-state index is 12.7. The van der Waals surface area contributed by atoms with Gasteiger partial charge in [0.15, 0.2) is 0 Å². The van der Waals surface area contributed by atoms with Gasteiger partial charge in [-0.05, 0) is 25.0 Å². The van der Waals surface area contributed by atoms with Crippen molar-refractivity contribution < 1.29 is 14.7 Å². The van der Waals surface area contributed by atoms with Crippen LogP contribution in [0.2, 0.25) is 5.15 Å². The number of para-hydroxylation sites is 1. The van der Waals surface area contributed by atoms with Crippen LogP contribution in [0.25, 0.3) is 10.9 Å². The van der Waals surface area contributed by atoms with Crippen LogP contribution < -0.4 is 0 Å². The molecule has 0 bridgehead atoms. The van der Waals surface area contributed by atoms with Crippen LogP contribution in [0, 0.1) is 0 Å². The number of aliphatic carboxylic acids is 1. The van der Waals surface area contributed by atoms with Gasteiger partial charge in [-0.15, -0.1) is 0 Å². The SMILES string of the molecule is O=C(O)[C@H]1CCCN1C(=O)c1cc(Cl)nc2ccccc12. The van der Waals surface area contributed by atoms with Crippen LogP contribution in [0.1, 0.15) is 23.2 Å². The van der Waals surface area contributed by atoms with Gasteiger partial charge in [0.05, 0.1) is 11.1 Å². The molecule has 2 aromatic rings. The first kappa shape index (κ1) is 13.8. The van der Waals surface area contributed by atoms with Crippen LogP contribution in [-0.4, -0.2) is 39.5 Å². The number of carbonyl (C=O) groups is 2. The summed E-state index contributed by atoms with van der Waals surface area (Å²) in [6.45, 7) is 0.448. The topological polar surface area (TPSA) is 70.5 Å². The van der Waals surface area contributed by atoms with Gasteiger partial charge in [0, 0.05) is 11.9 Å². The highest BCUT2D eigenvalue weighted by molar-refractivity contribution is 6.30. The number of carbonyl (C=O) groups excluding carboxylic acids is 1. The molecule has 0 unspecified atom stereocenters. The molecule has 1 aliphatic heterocycles. The van der Waals surface area contributed by atoms with E-state index in [2.05, 4.69) is 4.98 Å². The summed E-state index contributed by atoms with van der Waals surface area (Å²) in [6.07, 6.45) is 1.18. The Hall–Kier alpha value is -2.14. The molecule has 1 aromatic heterocycles. The molecular weight excluding hydrogens is 292 g/mol. The molecule has 1 fully saturated rings. The second kappa shape index (κ2) is 5.33. The molecule has 0 aliphatic carbocycles. The van der Waals surface area contributed by atoms with Crippen molar-refractivity contribution in [3.05, 3.63) is 41.0 Å². The number of pyridine rings is 1. The quantitative estimate of drug-likeness (QED) is 0.866. The minimum atomic E-state index is -0.967. The smallest absolute Gasteiger partial charge is 0.326 e. The van der Waals surface area contributed by atoms with Gasteiger partial charge in [-0.1, -0.05) is 29.8 Å². The van der Waals surface area contributed by atoms with E-state index < -0.39 is 12.0 Å². The van der Waals surface area contributed by atoms with Crippen LogP contribution in [-0.2, 0) is 4.79 Å². The molecule has 1 aliphatic rings. The molecule has 1 amide bonds. The van der Waals surface area contributed by atoms with Crippen molar-refractivity contribution in [1.29, 1.82) is 0 Å². The predicted molar refractivity (Wildman–Crippen MR) is 78.4 cm³/mol. The largest absolute Gasteiger partial charge is 0.480 e. The molecule has 5 nitrogen and oxygen atoms in total. The average Bonchev–Trinajstić information content (AvgIpc) is 2.95. The third-order valence-corrected chi connectivity index (χ3v) is 3.91. The Morgan fingerprint density at radius 1 is 1.33 bits per heavy atom. The zero-order valence-corrected chi connectivity index (χ0v) is 11.9. The fourth-order valence-electron chi connectivity index (χ4n) is 2.74. The predicted octanol–water partition coefficient (Wildman–Crippen LogP) is 2.58. The van der Waals surface area contributed by atoms with E-state index in [0.717, 1.165) is 0 Å². The average molecular weight is 305 g/mol. The minimum Gasteiger partial charge on any atom is -0.480 e. The summed E-state index contributed by atoms with van der Waals surface area (Å²) in [6, 6.07) is 7.93. The first-order valence-electron chi connectivity index (χ1n) is 6.67. The Labute approximate surface area is 126 Å². The fourth-order valence-corrected chi connectivity index (χ4v) is 2.94. The van der Waals surface area contributed by atoms with E-state index in [9.17, 15) is 14.7 Å². The second-order valence-electron chi connectivity index (χ2n) is 5.00. The van der Waals surface area contributed by atoms with Crippen LogP contribution >= 0.6 is 11.6 Å². The van der Waals surface area contributed by atoms with E-state index in [-0.39, 0.29) is 11.1 Å². The molecule has 1 aromatic carbocycles. The Bertz CT molecular complexity index is 732. The van der Waals surface area contributed by atoms with Gasteiger partial charge in [-0.2, -0.15) is 0 Å². The van der Waals surface area contributed by atoms with Gasteiger partial charge >= 0.3 is 5.97 Å². The third-order valence-electron chi connectivity index (χ3n) is 3.71. The molecule has 6 heteroatoms. The maximum atomic E-state index is 12.7. The zero-order valence-electron chi connectivity index (χ0n) is 11.1. The lowest BCUT2D eigenvalue weighted by Gasteiger charge is -2.22. The summed E-state index contributed by atoms with van der Waals surface area (Å²) in [4.78, 5) is 29.5. The highest BCUT2D eigenvalue weighted by atomic mass is 35.5. The second-order valence-corrected chi connectivity index (χ2v) is 5.39. The first-order chi connectivity index (χ1) is 10.1. The summed E-state index contributed by atoms with van der Waals surface area (Å²) in [5, 5.41) is 10.1. The summed E-state index contributed by atoms with van der Waals surface area (Å²) in [5.74, 6) is -1.27. The lowest BCUT2D eigenvalue weighted by molar-refractivity contribution is -0.141. The normalized spacial score (nSPS) is 18.1. The number of likely N-dealkylation sites (tertiary alicyclic amines) is 1. The van der Waals surface area contributed by atoms with Crippen molar-refractivity contribution in [2.75, 3.05) is 6.54 Å². The maximum Gasteiger partial charge on any atom is 0.326 e. The van der Waals surface area contributed by atoms with E-state index in [1.807, 2.05) is 12.1 Å². The highest BCUT2D eigenvalue weighted by Crippen LogP contribution is 2.26. The highest BCUT2D eigenvalue weighted by Gasteiger charge is 2.35. The fraction of sp³-hybridized carbons (Fsp3) is 0.267. The standard InChI is InChI=1S/C15H13ClN2O3/c16-13-8-10(9-4-1-2-5-11(9)17-13)14(19)18-7-3-6-12(18)15(20)21/h1-2,4-5,8,12H,3,6-7H2,(H,20,21)/t12-/m1/s1. The van der Waals surface area contributed by atoms with Gasteiger partial charge in [0.2, 0.25) is 0 Å². The number of benzene rings is 1. The molecule has 3 rings (SSSR count). The third kappa shape index (κ3) is 2.45. The van der Waals surface area contributed by atoms with Crippen molar-refractivity contribution in [1.82, 2.24) is 9.88 Å². The Balaban J connectivity index is 2.07. The minimum absolute atomic E-state index is 0.225. The molecule has 1 N–H and O–H groups in total. The number of amides is 1. The molecular formula is C15H13ClN2O3. The van der Waals surface area contributed by atoms with Gasteiger partial charge in [0.1, 0.15) is 11.2 Å². The molecule has 21 heavy (non-hydrogen) atoms. The van der Waals surface area contributed by atoms with Gasteiger partial charge in [-0.3, -0.25) is 4.79 Å². The molecule has 1 atom stereocenters. The molecule has 0 saturated carbocycles. The number of aromatic nitrogens is 1. The summed E-state index contributed by atoms with van der Waals surface area (Å²) < 4.78 is 0. The van der Waals surface area contributed by atoms with Crippen LogP contribution in [0.15, 0.2) is 30.3 Å². The van der Waals surface area contributed by atoms with Crippen molar-refractivity contribution in [2.45, 2.75) is 18.9 Å². The molecule has 0 radical (unpaired) electrons. The number of hydrogen-bond donors (Lipinski definition) is 1. The monoisotopic (exact) mass is 304 g/mol. The summed E-state index contributed by atoms with van der Waals surface area (Å²) >= 11 is 5.98. The van der Waals surface area contributed by atoms with E-state index in [0.29, 0.717) is 35.9 Å². The Kier molecular flexibility index (Phi) is 3.51. The number of nitrogens with zero attached hydrogens (tertiary/aromatic N) is 2. The lowest BCUT2D eigenvalue weighted by atomic mass is 10.1. The van der Waals surface area contributed by atoms with Crippen LogP contribution in [0.5, 0.6) is 0 Å². The van der Waals surface area contributed by atoms with E-state index in [1.54, 1.807) is 12.1 Å². The van der Waals surface area contributed by atoms with E-state index in [1.165, 1.54) is 11.0 Å². The number of carboxylic acids is 1. The lowest BCUT2D eigenvalue weighted by Crippen LogP contribution is -2.40. The van der Waals surface area contributed by atoms with Gasteiger partial charge in [-0.25, -0.2) is 9.78 Å². The number of halogens is 1. The number of carboxylic acid groups (broad SMARTS) is 1. The molecule has 0 spiro atoms. The number of rotatable bonds is 2. The number of fused-ring (bicyclic) bond motifs is 1. The zero-order chi connectivity index (χ0) is 15.0. The van der Waals surface area contributed by atoms with Gasteiger partial charge < -0.3 is 10.0 Å². The van der Waals surface area contributed by atoms with Crippen LogP contribution in [0.4, 0.5) is 0 Å². The van der Waals surface area contributed by atoms with Crippen molar-refractivity contribution in [3.8, 4) is 0 Å². The van der Waals surface area contributed by atoms with Crippen molar-refractivity contribution in [3.63, 3.8) is 0 Å². The van der Waals surface area contributed by atoms with Crippen LogP contribution in [0.3, 0.4) is 0 Å². The number of hydrogen-bond acceptors (Lipinski definition) is 3. The van der Waals surface area contributed by atoms with E-state index in [4.69, 9.17) is 11.6 Å². The van der Waals surface area contributed by atoms with E-state index >= 15 is 0 Å². The molecule has 1 saturated heterocycles. The van der Waals surface area contributed by atoms with Crippen molar-refractivity contribution >= 4 is 34.4 Å². The summed E-state index contributed by atoms with van der Waals surface area (Å²) in [7, 11) is 0. The molecule has 108 valence electrons. The molecule has 2 heterocycles. The Morgan fingerprint density at radius 3 is 2.86 bits per heavy atom.